The van der Waals surface area contributed by atoms with E-state index >= 15 is 0 Å². The van der Waals surface area contributed by atoms with Crippen molar-refractivity contribution in [2.75, 3.05) is 0 Å². The van der Waals surface area contributed by atoms with E-state index in [0.29, 0.717) is 19.4 Å². The number of carbonyl (C=O) groups excluding carboxylic acids is 1. The van der Waals surface area contributed by atoms with Gasteiger partial charge < -0.3 is 9.47 Å². The normalized spacial score (nSPS) is 10.5. The molecule has 0 aliphatic heterocycles. The summed E-state index contributed by atoms with van der Waals surface area (Å²) < 4.78 is 10.9. The van der Waals surface area contributed by atoms with Crippen LogP contribution in [0.1, 0.15) is 18.4 Å². The molecule has 0 saturated heterocycles. The Morgan fingerprint density at radius 2 is 1.62 bits per heavy atom. The van der Waals surface area contributed by atoms with Gasteiger partial charge in [0, 0.05) is 11.8 Å². The lowest BCUT2D eigenvalue weighted by molar-refractivity contribution is -0.145. The molecule has 0 amide bonds. The lowest BCUT2D eigenvalue weighted by Crippen LogP contribution is -2.05. The minimum Gasteiger partial charge on any atom is -0.486 e. The highest BCUT2D eigenvalue weighted by Crippen LogP contribution is 2.25. The van der Waals surface area contributed by atoms with Crippen LogP contribution in [0.3, 0.4) is 0 Å². The van der Waals surface area contributed by atoms with Gasteiger partial charge in [0.05, 0.1) is 0 Å². The van der Waals surface area contributed by atoms with Gasteiger partial charge in [0.15, 0.2) is 0 Å². The van der Waals surface area contributed by atoms with E-state index in [1.807, 2.05) is 72.8 Å². The summed E-state index contributed by atoms with van der Waals surface area (Å²) in [5, 5.41) is 2.19. The SMILES string of the molecule is O=C(CC[CH]Oc1cccc2ccccc12)OCc1ccccc1. The maximum atomic E-state index is 11.7. The van der Waals surface area contributed by atoms with Gasteiger partial charge in [-0.15, -0.1) is 0 Å². The smallest absolute Gasteiger partial charge is 0.306 e. The van der Waals surface area contributed by atoms with Crippen LogP contribution in [-0.2, 0) is 16.1 Å². The standard InChI is InChI=1S/C21H19O3/c22-21(24-16-17-8-2-1-3-9-17)14-7-15-23-20-13-6-11-18-10-4-5-12-19(18)20/h1-6,8-13,15H,7,14,16H2. The van der Waals surface area contributed by atoms with Gasteiger partial charge in [-0.05, 0) is 23.4 Å². The Bertz CT molecular complexity index is 791. The first-order chi connectivity index (χ1) is 11.8. The largest absolute Gasteiger partial charge is 0.486 e. The number of carbonyl (C=O) groups is 1. The molecule has 3 heteroatoms. The molecule has 0 heterocycles. The van der Waals surface area contributed by atoms with Crippen molar-refractivity contribution in [1.29, 1.82) is 0 Å². The van der Waals surface area contributed by atoms with Gasteiger partial charge in [-0.3, -0.25) is 4.79 Å². The fraction of sp³-hybridized carbons (Fsp3) is 0.143. The molecule has 3 nitrogen and oxygen atoms in total. The third-order valence-corrected chi connectivity index (χ3v) is 3.67. The molecular weight excluding hydrogens is 300 g/mol. The first-order valence-corrected chi connectivity index (χ1v) is 7.98. The van der Waals surface area contributed by atoms with Gasteiger partial charge in [-0.1, -0.05) is 66.7 Å². The van der Waals surface area contributed by atoms with Crippen molar-refractivity contribution in [1.82, 2.24) is 0 Å². The van der Waals surface area contributed by atoms with Crippen molar-refractivity contribution in [3.8, 4) is 5.75 Å². The van der Waals surface area contributed by atoms with E-state index < -0.39 is 0 Å². The van der Waals surface area contributed by atoms with Crippen LogP contribution in [-0.4, -0.2) is 5.97 Å². The van der Waals surface area contributed by atoms with Crippen molar-refractivity contribution in [2.24, 2.45) is 0 Å². The molecule has 0 aliphatic carbocycles. The van der Waals surface area contributed by atoms with E-state index in [-0.39, 0.29) is 5.97 Å². The second-order valence-electron chi connectivity index (χ2n) is 5.45. The Morgan fingerprint density at radius 3 is 2.50 bits per heavy atom. The van der Waals surface area contributed by atoms with E-state index in [1.54, 1.807) is 6.61 Å². The number of rotatable bonds is 7. The maximum absolute atomic E-state index is 11.7. The zero-order valence-corrected chi connectivity index (χ0v) is 13.4. The molecule has 0 aromatic heterocycles. The van der Waals surface area contributed by atoms with Crippen LogP contribution in [0, 0.1) is 6.61 Å². The fourth-order valence-electron chi connectivity index (χ4n) is 2.43. The summed E-state index contributed by atoms with van der Waals surface area (Å²) in [5.41, 5.74) is 0.988. The molecule has 0 bridgehead atoms. The lowest BCUT2D eigenvalue weighted by Gasteiger charge is -2.08. The third-order valence-electron chi connectivity index (χ3n) is 3.67. The molecular formula is C21H19O3. The predicted molar refractivity (Wildman–Crippen MR) is 94.3 cm³/mol. The molecule has 0 fully saturated rings. The Labute approximate surface area is 141 Å². The van der Waals surface area contributed by atoms with Crippen molar-refractivity contribution in [2.45, 2.75) is 19.4 Å². The highest BCUT2D eigenvalue weighted by molar-refractivity contribution is 5.88. The molecule has 0 unspecified atom stereocenters. The van der Waals surface area contributed by atoms with E-state index in [0.717, 1.165) is 22.1 Å². The van der Waals surface area contributed by atoms with Gasteiger partial charge in [0.1, 0.15) is 19.0 Å². The second-order valence-corrected chi connectivity index (χ2v) is 5.45. The maximum Gasteiger partial charge on any atom is 0.306 e. The average Bonchev–Trinajstić information content (AvgIpc) is 2.64. The number of ether oxygens (including phenoxy) is 2. The number of hydrogen-bond donors (Lipinski definition) is 0. The van der Waals surface area contributed by atoms with Crippen molar-refractivity contribution in [3.05, 3.63) is 85.0 Å². The molecule has 24 heavy (non-hydrogen) atoms. The van der Waals surface area contributed by atoms with Crippen LogP contribution >= 0.6 is 0 Å². The zero-order chi connectivity index (χ0) is 16.6. The van der Waals surface area contributed by atoms with Crippen LogP contribution in [0.5, 0.6) is 5.75 Å². The fourth-order valence-corrected chi connectivity index (χ4v) is 2.43. The van der Waals surface area contributed by atoms with Gasteiger partial charge in [0.25, 0.3) is 0 Å². The summed E-state index contributed by atoms with van der Waals surface area (Å²) in [6, 6.07) is 23.6. The van der Waals surface area contributed by atoms with Crippen LogP contribution < -0.4 is 4.74 Å². The Morgan fingerprint density at radius 1 is 0.875 bits per heavy atom. The summed E-state index contributed by atoms with van der Waals surface area (Å²) >= 11 is 0. The quantitative estimate of drug-likeness (QED) is 0.459. The first-order valence-electron chi connectivity index (χ1n) is 7.98. The molecule has 3 rings (SSSR count). The average molecular weight is 319 g/mol. The highest BCUT2D eigenvalue weighted by Gasteiger charge is 2.05. The summed E-state index contributed by atoms with van der Waals surface area (Å²) in [6.45, 7) is 1.97. The number of esters is 1. The lowest BCUT2D eigenvalue weighted by atomic mass is 10.1. The molecule has 0 saturated carbocycles. The molecule has 3 aromatic carbocycles. The van der Waals surface area contributed by atoms with Gasteiger partial charge in [0.2, 0.25) is 0 Å². The van der Waals surface area contributed by atoms with Crippen LogP contribution in [0.4, 0.5) is 0 Å². The Balaban J connectivity index is 1.42. The molecule has 3 aromatic rings. The highest BCUT2D eigenvalue weighted by atomic mass is 16.5. The number of fused-ring (bicyclic) bond motifs is 1. The van der Waals surface area contributed by atoms with E-state index in [1.165, 1.54) is 0 Å². The Kier molecular flexibility index (Phi) is 5.46. The van der Waals surface area contributed by atoms with Gasteiger partial charge in [-0.2, -0.15) is 0 Å². The van der Waals surface area contributed by atoms with Gasteiger partial charge in [-0.25, -0.2) is 0 Å². The van der Waals surface area contributed by atoms with Crippen LogP contribution in [0.25, 0.3) is 10.8 Å². The monoisotopic (exact) mass is 319 g/mol. The Hall–Kier alpha value is -2.81. The molecule has 0 N–H and O–H groups in total. The minimum atomic E-state index is -0.225. The third kappa shape index (κ3) is 4.35. The first kappa shape index (κ1) is 16.1. The summed E-state index contributed by atoms with van der Waals surface area (Å²) in [5.74, 6) is 0.572. The zero-order valence-electron chi connectivity index (χ0n) is 13.4. The molecule has 121 valence electrons. The minimum absolute atomic E-state index is 0.225. The molecule has 1 radical (unpaired) electrons. The second kappa shape index (κ2) is 8.16. The molecule has 0 spiro atoms. The van der Waals surface area contributed by atoms with E-state index in [4.69, 9.17) is 9.47 Å². The topological polar surface area (TPSA) is 35.5 Å². The van der Waals surface area contributed by atoms with Crippen LogP contribution in [0.15, 0.2) is 72.8 Å². The van der Waals surface area contributed by atoms with Gasteiger partial charge >= 0.3 is 5.97 Å². The predicted octanol–water partition coefficient (Wildman–Crippen LogP) is 4.90. The summed E-state index contributed by atoms with van der Waals surface area (Å²) in [4.78, 5) is 11.7. The van der Waals surface area contributed by atoms with E-state index in [9.17, 15) is 4.79 Å². The van der Waals surface area contributed by atoms with E-state index in [2.05, 4.69) is 0 Å². The summed E-state index contributed by atoms with van der Waals surface area (Å²) in [7, 11) is 0. The molecule has 0 atom stereocenters. The molecule has 0 aliphatic rings. The summed E-state index contributed by atoms with van der Waals surface area (Å²) in [6.07, 6.45) is 0.814. The number of benzene rings is 3. The van der Waals surface area contributed by atoms with Crippen molar-refractivity contribution in [3.63, 3.8) is 0 Å². The number of hydrogen-bond acceptors (Lipinski definition) is 3. The van der Waals surface area contributed by atoms with Crippen molar-refractivity contribution >= 4 is 16.7 Å². The van der Waals surface area contributed by atoms with Crippen molar-refractivity contribution < 1.29 is 14.3 Å². The van der Waals surface area contributed by atoms with Crippen LogP contribution in [0.2, 0.25) is 0 Å².